The number of rotatable bonds is 5. The van der Waals surface area contributed by atoms with E-state index >= 15 is 0 Å². The van der Waals surface area contributed by atoms with Gasteiger partial charge in [0.1, 0.15) is 5.75 Å². The Morgan fingerprint density at radius 1 is 1.00 bits per heavy atom. The van der Waals surface area contributed by atoms with E-state index in [4.69, 9.17) is 0 Å². The van der Waals surface area contributed by atoms with Crippen LogP contribution in [0, 0.1) is 0 Å². The highest BCUT2D eigenvalue weighted by Gasteiger charge is 2.33. The number of ether oxygens (including phenoxy) is 1. The second-order valence-electron chi connectivity index (χ2n) is 4.33. The number of benzene rings is 2. The summed E-state index contributed by atoms with van der Waals surface area (Å²) in [6.45, 7) is -3.01. The lowest BCUT2D eigenvalue weighted by atomic mass is 10.2. The van der Waals surface area contributed by atoms with Crippen LogP contribution in [0.2, 0.25) is 0 Å². The first-order chi connectivity index (χ1) is 10.9. The number of halogens is 5. The minimum atomic E-state index is -4.53. The van der Waals surface area contributed by atoms with E-state index in [0.717, 1.165) is 12.3 Å². The minimum Gasteiger partial charge on any atom is -0.434 e. The zero-order valence-corrected chi connectivity index (χ0v) is 11.5. The summed E-state index contributed by atoms with van der Waals surface area (Å²) >= 11 is 0. The maximum atomic E-state index is 12.8. The van der Waals surface area contributed by atoms with Gasteiger partial charge in [0.25, 0.3) is 0 Å². The summed E-state index contributed by atoms with van der Waals surface area (Å²) in [4.78, 5) is 0. The Morgan fingerprint density at radius 2 is 1.65 bits per heavy atom. The predicted octanol–water partition coefficient (Wildman–Crippen LogP) is 4.75. The zero-order valence-electron chi connectivity index (χ0n) is 11.5. The zero-order chi connectivity index (χ0) is 16.9. The second-order valence-corrected chi connectivity index (χ2v) is 4.33. The van der Waals surface area contributed by atoms with Gasteiger partial charge in [0.2, 0.25) is 0 Å². The number of hydrogen-bond donors (Lipinski definition) is 1. The molecule has 23 heavy (non-hydrogen) atoms. The number of hydrazone groups is 1. The maximum Gasteiger partial charge on any atom is 0.418 e. The summed E-state index contributed by atoms with van der Waals surface area (Å²) in [5, 5.41) is 3.65. The smallest absolute Gasteiger partial charge is 0.418 e. The highest BCUT2D eigenvalue weighted by molar-refractivity contribution is 5.84. The van der Waals surface area contributed by atoms with Crippen molar-refractivity contribution < 1.29 is 26.7 Å². The third-order valence-corrected chi connectivity index (χ3v) is 2.76. The van der Waals surface area contributed by atoms with Gasteiger partial charge in [-0.3, -0.25) is 5.43 Å². The number of nitrogens with zero attached hydrogens (tertiary/aromatic N) is 1. The topological polar surface area (TPSA) is 33.6 Å². The molecule has 0 unspecified atom stereocenters. The van der Waals surface area contributed by atoms with E-state index in [-0.39, 0.29) is 17.0 Å². The highest BCUT2D eigenvalue weighted by atomic mass is 19.4. The predicted molar refractivity (Wildman–Crippen MR) is 75.7 cm³/mol. The first kappa shape index (κ1) is 16.7. The molecule has 0 aliphatic rings. The van der Waals surface area contributed by atoms with E-state index in [0.29, 0.717) is 0 Å². The van der Waals surface area contributed by atoms with Crippen LogP contribution >= 0.6 is 0 Å². The van der Waals surface area contributed by atoms with Crippen molar-refractivity contribution in [2.24, 2.45) is 5.10 Å². The van der Waals surface area contributed by atoms with Gasteiger partial charge in [-0.25, -0.2) is 0 Å². The van der Waals surface area contributed by atoms with Crippen LogP contribution in [0.4, 0.5) is 27.6 Å². The first-order valence-electron chi connectivity index (χ1n) is 6.37. The van der Waals surface area contributed by atoms with Crippen LogP contribution < -0.4 is 10.2 Å². The van der Waals surface area contributed by atoms with Gasteiger partial charge < -0.3 is 4.74 Å². The summed E-state index contributed by atoms with van der Waals surface area (Å²) in [7, 11) is 0. The lowest BCUT2D eigenvalue weighted by Crippen LogP contribution is -2.08. The summed E-state index contributed by atoms with van der Waals surface area (Å²) in [5.41, 5.74) is 1.33. The maximum absolute atomic E-state index is 12.8. The molecular formula is C15H11F5N2O. The third-order valence-electron chi connectivity index (χ3n) is 2.76. The summed E-state index contributed by atoms with van der Waals surface area (Å²) in [5.74, 6) is -0.128. The van der Waals surface area contributed by atoms with Crippen molar-refractivity contribution in [1.82, 2.24) is 0 Å². The van der Waals surface area contributed by atoms with Crippen LogP contribution in [0.5, 0.6) is 5.75 Å². The highest BCUT2D eigenvalue weighted by Crippen LogP contribution is 2.34. The molecule has 0 radical (unpaired) electrons. The summed E-state index contributed by atoms with van der Waals surface area (Å²) < 4.78 is 67.3. The van der Waals surface area contributed by atoms with Gasteiger partial charge in [0.05, 0.1) is 17.5 Å². The average Bonchev–Trinajstić information content (AvgIpc) is 2.48. The molecule has 8 heteroatoms. The Labute approximate surface area is 128 Å². The Morgan fingerprint density at radius 3 is 2.35 bits per heavy atom. The molecule has 3 nitrogen and oxygen atoms in total. The fourth-order valence-electron chi connectivity index (χ4n) is 1.79. The number of alkyl halides is 5. The van der Waals surface area contributed by atoms with Gasteiger partial charge in [0.15, 0.2) is 0 Å². The minimum absolute atomic E-state index is 0.128. The van der Waals surface area contributed by atoms with Crippen LogP contribution in [-0.2, 0) is 6.18 Å². The number of para-hydroxylation sites is 2. The Balaban J connectivity index is 2.18. The lowest BCUT2D eigenvalue weighted by molar-refractivity contribution is -0.137. The van der Waals surface area contributed by atoms with Crippen molar-refractivity contribution in [2.75, 3.05) is 5.43 Å². The molecule has 0 amide bonds. The molecule has 0 heterocycles. The van der Waals surface area contributed by atoms with Crippen molar-refractivity contribution >= 4 is 11.9 Å². The molecule has 0 bridgehead atoms. The van der Waals surface area contributed by atoms with Crippen molar-refractivity contribution in [3.63, 3.8) is 0 Å². The number of nitrogens with one attached hydrogen (secondary N) is 1. The van der Waals surface area contributed by atoms with Crippen molar-refractivity contribution in [1.29, 1.82) is 0 Å². The van der Waals surface area contributed by atoms with Crippen molar-refractivity contribution in [2.45, 2.75) is 12.8 Å². The average molecular weight is 330 g/mol. The summed E-state index contributed by atoms with van der Waals surface area (Å²) in [6.07, 6.45) is -3.43. The molecule has 0 fully saturated rings. The Bertz CT molecular complexity index is 686. The number of hydrogen-bond acceptors (Lipinski definition) is 3. The largest absolute Gasteiger partial charge is 0.434 e. The van der Waals surface area contributed by atoms with Gasteiger partial charge in [-0.2, -0.15) is 27.1 Å². The van der Waals surface area contributed by atoms with E-state index < -0.39 is 18.4 Å². The lowest BCUT2D eigenvalue weighted by Gasteiger charge is -2.11. The normalized spacial score (nSPS) is 11.9. The van der Waals surface area contributed by atoms with Crippen LogP contribution in [-0.4, -0.2) is 12.8 Å². The summed E-state index contributed by atoms with van der Waals surface area (Å²) in [6, 6.07) is 10.6. The van der Waals surface area contributed by atoms with E-state index in [1.54, 1.807) is 6.07 Å². The van der Waals surface area contributed by atoms with Gasteiger partial charge in [-0.05, 0) is 24.3 Å². The van der Waals surface area contributed by atoms with Crippen LogP contribution in [0.3, 0.4) is 0 Å². The SMILES string of the molecule is FC(F)Oc1ccccc1/C=N\Nc1ccccc1C(F)(F)F. The Hall–Kier alpha value is -2.64. The van der Waals surface area contributed by atoms with Crippen LogP contribution in [0.1, 0.15) is 11.1 Å². The third kappa shape index (κ3) is 4.67. The molecule has 0 saturated heterocycles. The standard InChI is InChI=1S/C15H11F5N2O/c16-14(17)23-13-8-4-1-5-10(13)9-21-22-12-7-3-2-6-11(12)15(18,19)20/h1-9,14,22H/b21-9-. The van der Waals surface area contributed by atoms with Gasteiger partial charge in [-0.15, -0.1) is 0 Å². The van der Waals surface area contributed by atoms with Gasteiger partial charge in [0, 0.05) is 5.56 Å². The van der Waals surface area contributed by atoms with E-state index in [1.807, 2.05) is 0 Å². The van der Waals surface area contributed by atoms with Crippen LogP contribution in [0.25, 0.3) is 0 Å². The molecule has 1 N–H and O–H groups in total. The molecule has 2 aromatic rings. The quantitative estimate of drug-likeness (QED) is 0.487. The molecule has 0 saturated carbocycles. The van der Waals surface area contributed by atoms with E-state index in [2.05, 4.69) is 15.3 Å². The molecule has 2 rings (SSSR count). The van der Waals surface area contributed by atoms with Crippen molar-refractivity contribution in [3.8, 4) is 5.75 Å². The number of anilines is 1. The second kappa shape index (κ2) is 7.08. The van der Waals surface area contributed by atoms with Crippen LogP contribution in [0.15, 0.2) is 53.6 Å². The fourth-order valence-corrected chi connectivity index (χ4v) is 1.79. The van der Waals surface area contributed by atoms with Crippen molar-refractivity contribution in [3.05, 3.63) is 59.7 Å². The fraction of sp³-hybridized carbons (Fsp3) is 0.133. The van der Waals surface area contributed by atoms with E-state index in [9.17, 15) is 22.0 Å². The van der Waals surface area contributed by atoms with Gasteiger partial charge in [-0.1, -0.05) is 24.3 Å². The van der Waals surface area contributed by atoms with E-state index in [1.165, 1.54) is 36.4 Å². The molecule has 0 atom stereocenters. The molecule has 0 aliphatic carbocycles. The molecule has 122 valence electrons. The Kier molecular flexibility index (Phi) is 5.15. The first-order valence-corrected chi connectivity index (χ1v) is 6.37. The molecule has 0 spiro atoms. The van der Waals surface area contributed by atoms with Gasteiger partial charge >= 0.3 is 12.8 Å². The monoisotopic (exact) mass is 330 g/mol. The molecule has 2 aromatic carbocycles. The molecular weight excluding hydrogens is 319 g/mol. The molecule has 0 aromatic heterocycles. The molecule has 0 aliphatic heterocycles.